The zero-order chi connectivity index (χ0) is 17.2. The lowest BCUT2D eigenvalue weighted by Gasteiger charge is -2.08. The van der Waals surface area contributed by atoms with Crippen LogP contribution in [0, 0.1) is 20.8 Å². The van der Waals surface area contributed by atoms with Crippen LogP contribution < -0.4 is 10.5 Å². The molecule has 0 fully saturated rings. The van der Waals surface area contributed by atoms with E-state index >= 15 is 0 Å². The highest BCUT2D eigenvalue weighted by Crippen LogP contribution is 2.25. The fourth-order valence-electron chi connectivity index (χ4n) is 2.64. The molecule has 0 radical (unpaired) electrons. The van der Waals surface area contributed by atoms with Crippen LogP contribution in [0.25, 0.3) is 10.9 Å². The summed E-state index contributed by atoms with van der Waals surface area (Å²) in [7, 11) is -3.51. The number of amides is 1. The van der Waals surface area contributed by atoms with Gasteiger partial charge in [0.15, 0.2) is 0 Å². The van der Waals surface area contributed by atoms with Crippen molar-refractivity contribution in [3.8, 4) is 0 Å². The summed E-state index contributed by atoms with van der Waals surface area (Å²) in [6, 6.07) is 4.17. The number of carbonyl (C=O) groups excluding carboxylic acids is 1. The van der Waals surface area contributed by atoms with Crippen molar-refractivity contribution in [1.82, 2.24) is 10.3 Å². The number of hydrogen-bond acceptors (Lipinski definition) is 3. The highest BCUT2D eigenvalue weighted by molar-refractivity contribution is 7.89. The van der Waals surface area contributed by atoms with Crippen molar-refractivity contribution < 1.29 is 13.2 Å². The van der Waals surface area contributed by atoms with Gasteiger partial charge in [-0.05, 0) is 44.4 Å². The van der Waals surface area contributed by atoms with Crippen molar-refractivity contribution >= 4 is 26.8 Å². The maximum absolute atomic E-state index is 11.8. The summed E-state index contributed by atoms with van der Waals surface area (Å²) >= 11 is 0. The number of benzene rings is 1. The molecule has 2 aromatic rings. The van der Waals surface area contributed by atoms with Gasteiger partial charge >= 0.3 is 0 Å². The first-order valence-electron chi connectivity index (χ1n) is 7.53. The number of primary sulfonamides is 1. The molecule has 1 aromatic heterocycles. The molecule has 0 saturated carbocycles. The zero-order valence-corrected chi connectivity index (χ0v) is 14.5. The average Bonchev–Trinajstić information content (AvgIpc) is 2.71. The van der Waals surface area contributed by atoms with Gasteiger partial charge in [0.05, 0.1) is 11.3 Å². The third-order valence-corrected chi connectivity index (χ3v) is 4.81. The van der Waals surface area contributed by atoms with E-state index in [-0.39, 0.29) is 24.5 Å². The molecule has 0 unspecified atom stereocenters. The number of nitrogens with two attached hydrogens (primary N) is 1. The second-order valence-electron chi connectivity index (χ2n) is 5.97. The first-order chi connectivity index (χ1) is 10.7. The van der Waals surface area contributed by atoms with Crippen LogP contribution in [0.4, 0.5) is 0 Å². The van der Waals surface area contributed by atoms with E-state index in [1.54, 1.807) is 0 Å². The second-order valence-corrected chi connectivity index (χ2v) is 7.70. The third-order valence-electron chi connectivity index (χ3n) is 3.95. The SMILES string of the molecule is Cc1cc(CNC(=O)CCCS(N)(=O)=O)c2[nH]c(C)c(C)c2c1. The number of hydrogen-bond donors (Lipinski definition) is 3. The molecule has 1 amide bonds. The highest BCUT2D eigenvalue weighted by atomic mass is 32.2. The summed E-state index contributed by atoms with van der Waals surface area (Å²) in [6.07, 6.45) is 0.378. The summed E-state index contributed by atoms with van der Waals surface area (Å²) in [5.41, 5.74) is 5.53. The van der Waals surface area contributed by atoms with Gasteiger partial charge in [-0.1, -0.05) is 11.6 Å². The van der Waals surface area contributed by atoms with Gasteiger partial charge in [0.25, 0.3) is 0 Å². The minimum absolute atomic E-state index is 0.147. The molecule has 7 heteroatoms. The van der Waals surface area contributed by atoms with Gasteiger partial charge in [-0.25, -0.2) is 13.6 Å². The Bertz CT molecular complexity index is 838. The first kappa shape index (κ1) is 17.5. The Balaban J connectivity index is 2.05. The molecule has 4 N–H and O–H groups in total. The molecule has 2 rings (SSSR count). The number of aromatic nitrogens is 1. The number of aryl methyl sites for hydroxylation is 3. The summed E-state index contributed by atoms with van der Waals surface area (Å²) in [4.78, 5) is 15.2. The van der Waals surface area contributed by atoms with Crippen LogP contribution >= 0.6 is 0 Å². The van der Waals surface area contributed by atoms with Crippen LogP contribution in [0.1, 0.15) is 35.2 Å². The molecule has 0 bridgehead atoms. The molecule has 0 aliphatic carbocycles. The summed E-state index contributed by atoms with van der Waals surface area (Å²) in [5.74, 6) is -0.354. The van der Waals surface area contributed by atoms with Crippen molar-refractivity contribution in [3.63, 3.8) is 0 Å². The molecule has 23 heavy (non-hydrogen) atoms. The van der Waals surface area contributed by atoms with E-state index < -0.39 is 10.0 Å². The van der Waals surface area contributed by atoms with Crippen LogP contribution in [0.5, 0.6) is 0 Å². The van der Waals surface area contributed by atoms with E-state index in [1.807, 2.05) is 19.9 Å². The molecule has 0 spiro atoms. The molecule has 0 aliphatic heterocycles. The highest BCUT2D eigenvalue weighted by Gasteiger charge is 2.11. The van der Waals surface area contributed by atoms with Crippen LogP contribution in [-0.4, -0.2) is 25.1 Å². The largest absolute Gasteiger partial charge is 0.358 e. The smallest absolute Gasteiger partial charge is 0.220 e. The topological polar surface area (TPSA) is 105 Å². The Morgan fingerprint density at radius 3 is 2.61 bits per heavy atom. The Hall–Kier alpha value is -1.86. The standard InChI is InChI=1S/C16H23N3O3S/c1-10-7-13(16-14(8-10)11(2)12(3)19-16)9-18-15(20)5-4-6-23(17,21)22/h7-8,19H,4-6,9H2,1-3H3,(H,18,20)(H2,17,21,22). The summed E-state index contributed by atoms with van der Waals surface area (Å²) in [6.45, 7) is 6.54. The fraction of sp³-hybridized carbons (Fsp3) is 0.438. The van der Waals surface area contributed by atoms with E-state index in [0.717, 1.165) is 22.3 Å². The Kier molecular flexibility index (Phi) is 5.11. The summed E-state index contributed by atoms with van der Waals surface area (Å²) < 4.78 is 21.7. The number of H-pyrrole nitrogens is 1. The fourth-order valence-corrected chi connectivity index (χ4v) is 3.19. The number of sulfonamides is 1. The molecule has 0 aliphatic rings. The van der Waals surface area contributed by atoms with Gasteiger partial charge < -0.3 is 10.3 Å². The molecule has 1 heterocycles. The Morgan fingerprint density at radius 2 is 1.96 bits per heavy atom. The number of fused-ring (bicyclic) bond motifs is 1. The lowest BCUT2D eigenvalue weighted by Crippen LogP contribution is -2.24. The Morgan fingerprint density at radius 1 is 1.26 bits per heavy atom. The predicted octanol–water partition coefficient (Wildman–Crippen LogP) is 1.78. The van der Waals surface area contributed by atoms with E-state index in [1.165, 1.54) is 10.9 Å². The first-order valence-corrected chi connectivity index (χ1v) is 9.24. The summed E-state index contributed by atoms with van der Waals surface area (Å²) in [5, 5.41) is 8.92. The number of aromatic amines is 1. The van der Waals surface area contributed by atoms with E-state index in [2.05, 4.69) is 23.3 Å². The van der Waals surface area contributed by atoms with Gasteiger partial charge in [0, 0.05) is 24.0 Å². The van der Waals surface area contributed by atoms with Gasteiger partial charge in [-0.2, -0.15) is 0 Å². The minimum atomic E-state index is -3.51. The van der Waals surface area contributed by atoms with Gasteiger partial charge in [-0.15, -0.1) is 0 Å². The van der Waals surface area contributed by atoms with Crippen molar-refractivity contribution in [3.05, 3.63) is 34.5 Å². The predicted molar refractivity (Wildman–Crippen MR) is 91.6 cm³/mol. The third kappa shape index (κ3) is 4.56. The molecule has 0 saturated heterocycles. The van der Waals surface area contributed by atoms with Crippen LogP contribution in [0.2, 0.25) is 0 Å². The second kappa shape index (κ2) is 6.72. The quantitative estimate of drug-likeness (QED) is 0.748. The van der Waals surface area contributed by atoms with Gasteiger partial charge in [0.2, 0.25) is 15.9 Å². The van der Waals surface area contributed by atoms with Crippen molar-refractivity contribution in [2.24, 2.45) is 5.14 Å². The average molecular weight is 337 g/mol. The molecule has 1 aromatic carbocycles. The minimum Gasteiger partial charge on any atom is -0.358 e. The number of nitrogens with one attached hydrogen (secondary N) is 2. The van der Waals surface area contributed by atoms with Crippen molar-refractivity contribution in [1.29, 1.82) is 0 Å². The van der Waals surface area contributed by atoms with Crippen LogP contribution in [0.15, 0.2) is 12.1 Å². The van der Waals surface area contributed by atoms with E-state index in [4.69, 9.17) is 5.14 Å². The number of carbonyl (C=O) groups is 1. The Labute approximate surface area is 136 Å². The zero-order valence-electron chi connectivity index (χ0n) is 13.7. The maximum Gasteiger partial charge on any atom is 0.220 e. The maximum atomic E-state index is 11.8. The van der Waals surface area contributed by atoms with Gasteiger partial charge in [-0.3, -0.25) is 4.79 Å². The van der Waals surface area contributed by atoms with Gasteiger partial charge in [0.1, 0.15) is 0 Å². The lowest BCUT2D eigenvalue weighted by molar-refractivity contribution is -0.121. The van der Waals surface area contributed by atoms with E-state index in [9.17, 15) is 13.2 Å². The van der Waals surface area contributed by atoms with Crippen molar-refractivity contribution in [2.45, 2.75) is 40.2 Å². The van der Waals surface area contributed by atoms with Crippen molar-refractivity contribution in [2.75, 3.05) is 5.75 Å². The molecular weight excluding hydrogens is 314 g/mol. The molecule has 6 nitrogen and oxygen atoms in total. The monoisotopic (exact) mass is 337 g/mol. The molecule has 126 valence electrons. The lowest BCUT2D eigenvalue weighted by atomic mass is 10.0. The van der Waals surface area contributed by atoms with E-state index in [0.29, 0.717) is 6.54 Å². The van der Waals surface area contributed by atoms with Crippen LogP contribution in [-0.2, 0) is 21.4 Å². The molecule has 0 atom stereocenters. The van der Waals surface area contributed by atoms with Crippen LogP contribution in [0.3, 0.4) is 0 Å². The molecular formula is C16H23N3O3S. The number of rotatable bonds is 6. The normalized spacial score (nSPS) is 11.8.